The molecule has 2 heterocycles. The van der Waals surface area contributed by atoms with Crippen molar-refractivity contribution >= 4 is 5.91 Å². The maximum absolute atomic E-state index is 13.3. The fraction of sp³-hybridized carbons (Fsp3) is 0.318. The summed E-state index contributed by atoms with van der Waals surface area (Å²) in [5, 5.41) is 4.07. The van der Waals surface area contributed by atoms with Crippen LogP contribution in [-0.4, -0.2) is 40.1 Å². The van der Waals surface area contributed by atoms with Gasteiger partial charge in [0.2, 0.25) is 5.91 Å². The third-order valence-corrected chi connectivity index (χ3v) is 5.24. The summed E-state index contributed by atoms with van der Waals surface area (Å²) in [4.78, 5) is 18.6. The second-order valence-corrected chi connectivity index (χ2v) is 7.57. The highest BCUT2D eigenvalue weighted by Crippen LogP contribution is 2.39. The number of nitrogens with zero attached hydrogens (tertiary/aromatic N) is 3. The Morgan fingerprint density at radius 3 is 2.79 bits per heavy atom. The maximum Gasteiger partial charge on any atom is 0.261 e. The van der Waals surface area contributed by atoms with E-state index in [4.69, 9.17) is 9.26 Å². The number of carbonyl (C=O) groups excluding carboxylic acids is 1. The maximum atomic E-state index is 13.3. The van der Waals surface area contributed by atoms with Crippen LogP contribution in [0.4, 0.5) is 4.39 Å². The van der Waals surface area contributed by atoms with Crippen LogP contribution < -0.4 is 4.74 Å². The van der Waals surface area contributed by atoms with Gasteiger partial charge in [0.05, 0.1) is 25.1 Å². The molecule has 5 rings (SSSR count). The van der Waals surface area contributed by atoms with Crippen LogP contribution in [0.3, 0.4) is 0 Å². The minimum atomic E-state index is -0.331. The molecule has 1 saturated heterocycles. The lowest BCUT2D eigenvalue weighted by molar-refractivity contribution is -0.139. The van der Waals surface area contributed by atoms with E-state index in [2.05, 4.69) is 10.1 Å². The van der Waals surface area contributed by atoms with Crippen molar-refractivity contribution in [3.63, 3.8) is 0 Å². The monoisotopic (exact) mass is 393 g/mol. The third-order valence-electron chi connectivity index (χ3n) is 5.24. The first kappa shape index (κ1) is 17.8. The first-order valence-electron chi connectivity index (χ1n) is 9.77. The van der Waals surface area contributed by atoms with E-state index >= 15 is 0 Å². The van der Waals surface area contributed by atoms with Gasteiger partial charge in [-0.05, 0) is 42.7 Å². The van der Waals surface area contributed by atoms with Crippen LogP contribution in [0.2, 0.25) is 0 Å². The molecule has 6 nitrogen and oxygen atoms in total. The SMILES string of the molecule is O=C(Cc1cccc(F)c1)N1CC(Oc2ccccc2-c2nc(C3CC3)no2)C1. The molecule has 0 N–H and O–H groups in total. The number of rotatable bonds is 6. The van der Waals surface area contributed by atoms with Crippen LogP contribution >= 0.6 is 0 Å². The molecule has 1 saturated carbocycles. The summed E-state index contributed by atoms with van der Waals surface area (Å²) < 4.78 is 24.8. The van der Waals surface area contributed by atoms with Gasteiger partial charge >= 0.3 is 0 Å². The predicted molar refractivity (Wildman–Crippen MR) is 103 cm³/mol. The summed E-state index contributed by atoms with van der Waals surface area (Å²) in [6.45, 7) is 0.999. The van der Waals surface area contributed by atoms with E-state index in [1.165, 1.54) is 12.1 Å². The minimum Gasteiger partial charge on any atom is -0.486 e. The van der Waals surface area contributed by atoms with Crippen molar-refractivity contribution in [2.75, 3.05) is 13.1 Å². The highest BCUT2D eigenvalue weighted by molar-refractivity contribution is 5.79. The van der Waals surface area contributed by atoms with Crippen molar-refractivity contribution in [1.29, 1.82) is 0 Å². The van der Waals surface area contributed by atoms with Crippen LogP contribution in [0.25, 0.3) is 11.5 Å². The van der Waals surface area contributed by atoms with E-state index in [9.17, 15) is 9.18 Å². The highest BCUT2D eigenvalue weighted by atomic mass is 19.1. The molecule has 0 spiro atoms. The van der Waals surface area contributed by atoms with E-state index < -0.39 is 0 Å². The molecule has 1 aromatic heterocycles. The second-order valence-electron chi connectivity index (χ2n) is 7.57. The number of hydrogen-bond acceptors (Lipinski definition) is 5. The topological polar surface area (TPSA) is 68.5 Å². The molecule has 2 fully saturated rings. The molecular weight excluding hydrogens is 373 g/mol. The number of ether oxygens (including phenoxy) is 1. The van der Waals surface area contributed by atoms with Gasteiger partial charge in [-0.2, -0.15) is 4.98 Å². The van der Waals surface area contributed by atoms with Gasteiger partial charge in [0, 0.05) is 5.92 Å². The Hall–Kier alpha value is -3.22. The Labute approximate surface area is 167 Å². The van der Waals surface area contributed by atoms with Crippen molar-refractivity contribution in [3.05, 3.63) is 65.7 Å². The van der Waals surface area contributed by atoms with E-state index in [1.54, 1.807) is 17.0 Å². The smallest absolute Gasteiger partial charge is 0.261 e. The van der Waals surface area contributed by atoms with E-state index in [1.807, 2.05) is 24.3 Å². The first-order chi connectivity index (χ1) is 14.2. The molecule has 0 atom stereocenters. The van der Waals surface area contributed by atoms with Gasteiger partial charge in [-0.3, -0.25) is 4.79 Å². The van der Waals surface area contributed by atoms with Gasteiger partial charge in [0.1, 0.15) is 17.7 Å². The zero-order chi connectivity index (χ0) is 19.8. The Morgan fingerprint density at radius 1 is 1.17 bits per heavy atom. The zero-order valence-electron chi connectivity index (χ0n) is 15.8. The lowest BCUT2D eigenvalue weighted by atomic mass is 10.1. The molecule has 0 unspecified atom stereocenters. The van der Waals surface area contributed by atoms with Gasteiger partial charge < -0.3 is 14.2 Å². The minimum absolute atomic E-state index is 0.0327. The molecule has 0 bridgehead atoms. The standard InChI is InChI=1S/C22H20FN3O3/c23-16-5-3-4-14(10-16)11-20(27)26-12-17(13-26)28-19-7-2-1-6-18(19)22-24-21(25-29-22)15-8-9-15/h1-7,10,15,17H,8-9,11-13H2. The van der Waals surface area contributed by atoms with E-state index in [-0.39, 0.29) is 24.2 Å². The summed E-state index contributed by atoms with van der Waals surface area (Å²) in [7, 11) is 0. The van der Waals surface area contributed by atoms with Crippen LogP contribution in [-0.2, 0) is 11.2 Å². The van der Waals surface area contributed by atoms with Crippen LogP contribution in [0.15, 0.2) is 53.1 Å². The van der Waals surface area contributed by atoms with Crippen LogP contribution in [0.1, 0.15) is 30.1 Å². The Bertz CT molecular complexity index is 1040. The van der Waals surface area contributed by atoms with Crippen LogP contribution in [0.5, 0.6) is 5.75 Å². The van der Waals surface area contributed by atoms with E-state index in [0.29, 0.717) is 36.2 Å². The van der Waals surface area contributed by atoms with Gasteiger partial charge in [-0.15, -0.1) is 0 Å². The van der Waals surface area contributed by atoms with E-state index in [0.717, 1.165) is 24.2 Å². The third kappa shape index (κ3) is 3.85. The zero-order valence-corrected chi connectivity index (χ0v) is 15.8. The van der Waals surface area contributed by atoms with Crippen LogP contribution in [0, 0.1) is 5.82 Å². The predicted octanol–water partition coefficient (Wildman–Crippen LogP) is 3.59. The van der Waals surface area contributed by atoms with Crippen molar-refractivity contribution < 1.29 is 18.4 Å². The van der Waals surface area contributed by atoms with Crippen molar-refractivity contribution in [1.82, 2.24) is 15.0 Å². The van der Waals surface area contributed by atoms with Crippen molar-refractivity contribution in [2.24, 2.45) is 0 Å². The molecule has 1 amide bonds. The van der Waals surface area contributed by atoms with Gasteiger partial charge in [-0.1, -0.05) is 29.4 Å². The number of aromatic nitrogens is 2. The average Bonchev–Trinajstić information content (AvgIpc) is 3.42. The quantitative estimate of drug-likeness (QED) is 0.640. The molecule has 3 aromatic rings. The molecule has 29 heavy (non-hydrogen) atoms. The molecule has 2 aromatic carbocycles. The molecular formula is C22H20FN3O3. The lowest BCUT2D eigenvalue weighted by Crippen LogP contribution is -2.56. The lowest BCUT2D eigenvalue weighted by Gasteiger charge is -2.39. The molecule has 1 aliphatic carbocycles. The number of hydrogen-bond donors (Lipinski definition) is 0. The van der Waals surface area contributed by atoms with Gasteiger partial charge in [0.25, 0.3) is 5.89 Å². The first-order valence-corrected chi connectivity index (χ1v) is 9.77. The molecule has 0 radical (unpaired) electrons. The second kappa shape index (κ2) is 7.31. The molecule has 2 aliphatic rings. The van der Waals surface area contributed by atoms with Gasteiger partial charge in [0.15, 0.2) is 5.82 Å². The molecule has 148 valence electrons. The fourth-order valence-corrected chi connectivity index (χ4v) is 3.43. The summed E-state index contributed by atoms with van der Waals surface area (Å²) in [6, 6.07) is 13.7. The molecule has 1 aliphatic heterocycles. The highest BCUT2D eigenvalue weighted by Gasteiger charge is 2.33. The van der Waals surface area contributed by atoms with Gasteiger partial charge in [-0.25, -0.2) is 4.39 Å². The Kier molecular flexibility index (Phi) is 4.50. The summed E-state index contributed by atoms with van der Waals surface area (Å²) in [6.07, 6.45) is 2.31. The van der Waals surface area contributed by atoms with Crippen molar-refractivity contribution in [2.45, 2.75) is 31.3 Å². The summed E-state index contributed by atoms with van der Waals surface area (Å²) in [5.74, 6) is 1.94. The Balaban J connectivity index is 1.21. The molecule has 7 heteroatoms. The Morgan fingerprint density at radius 2 is 2.00 bits per heavy atom. The normalized spacial score (nSPS) is 16.5. The number of halogens is 1. The summed E-state index contributed by atoms with van der Waals surface area (Å²) >= 11 is 0. The number of benzene rings is 2. The number of likely N-dealkylation sites (tertiary alicyclic amines) is 1. The number of amides is 1. The number of para-hydroxylation sites is 1. The van der Waals surface area contributed by atoms with Crippen molar-refractivity contribution in [3.8, 4) is 17.2 Å². The largest absolute Gasteiger partial charge is 0.486 e. The summed E-state index contributed by atoms with van der Waals surface area (Å²) in [5.41, 5.74) is 1.43. The fourth-order valence-electron chi connectivity index (χ4n) is 3.43. The average molecular weight is 393 g/mol. The number of carbonyl (C=O) groups is 1.